The number of carbonyl (C=O) groups is 2. The fourth-order valence-electron chi connectivity index (χ4n) is 4.74. The van der Waals surface area contributed by atoms with Crippen molar-refractivity contribution in [3.63, 3.8) is 0 Å². The monoisotopic (exact) mass is 438 g/mol. The Morgan fingerprint density at radius 1 is 1.09 bits per heavy atom. The van der Waals surface area contributed by atoms with Crippen molar-refractivity contribution >= 4 is 11.8 Å². The summed E-state index contributed by atoms with van der Waals surface area (Å²) in [4.78, 5) is 27.1. The minimum absolute atomic E-state index is 0.119. The number of carboxylic acids is 1. The summed E-state index contributed by atoms with van der Waals surface area (Å²) < 4.78 is 16.1. The smallest absolute Gasteiger partial charge is 0.231 e. The van der Waals surface area contributed by atoms with Gasteiger partial charge in [-0.2, -0.15) is 0 Å². The number of nitrogens with zero attached hydrogens (tertiary/aromatic N) is 1. The molecule has 1 saturated heterocycles. The molecule has 3 atom stereocenters. The number of likely N-dealkylation sites (tertiary alicyclic amines) is 1. The number of fused-ring (bicyclic) bond motifs is 1. The molecular weight excluding hydrogens is 410 g/mol. The number of hydrogen-bond donors (Lipinski definition) is 0. The maximum absolute atomic E-state index is 12.6. The lowest BCUT2D eigenvalue weighted by atomic mass is 9.82. The number of carboxylic acid groups (broad SMARTS) is 1. The topological polar surface area (TPSA) is 88.1 Å². The van der Waals surface area contributed by atoms with Gasteiger partial charge in [-0.3, -0.25) is 9.69 Å². The molecule has 2 aromatic rings. The van der Waals surface area contributed by atoms with Gasteiger partial charge in [0.25, 0.3) is 0 Å². The average molecular weight is 439 g/mol. The van der Waals surface area contributed by atoms with Crippen molar-refractivity contribution in [1.82, 2.24) is 4.90 Å². The Labute approximate surface area is 187 Å². The molecule has 2 aliphatic rings. The number of benzene rings is 2. The molecule has 7 heteroatoms. The third-order valence-corrected chi connectivity index (χ3v) is 6.34. The number of ether oxygens (including phenoxy) is 3. The first-order chi connectivity index (χ1) is 15.5. The minimum atomic E-state index is -1.13. The summed E-state index contributed by atoms with van der Waals surface area (Å²) in [5.41, 5.74) is 1.66. The van der Waals surface area contributed by atoms with Crippen LogP contribution >= 0.6 is 0 Å². The summed E-state index contributed by atoms with van der Waals surface area (Å²) in [6, 6.07) is 12.4. The highest BCUT2D eigenvalue weighted by atomic mass is 16.7. The van der Waals surface area contributed by atoms with Crippen molar-refractivity contribution in [2.24, 2.45) is 5.92 Å². The number of rotatable bonds is 9. The zero-order valence-corrected chi connectivity index (χ0v) is 18.4. The molecule has 1 fully saturated rings. The van der Waals surface area contributed by atoms with Gasteiger partial charge in [0, 0.05) is 36.8 Å². The average Bonchev–Trinajstić information content (AvgIpc) is 3.42. The van der Waals surface area contributed by atoms with Gasteiger partial charge in [0.05, 0.1) is 13.7 Å². The summed E-state index contributed by atoms with van der Waals surface area (Å²) in [5.74, 6) is -0.225. The van der Waals surface area contributed by atoms with Crippen LogP contribution in [0.3, 0.4) is 0 Å². The quantitative estimate of drug-likeness (QED) is 0.595. The predicted molar refractivity (Wildman–Crippen MR) is 116 cm³/mol. The number of carbonyl (C=O) groups excluding carboxylic acids is 2. The standard InChI is InChI=1S/C25H29NO6/c1-3-4-5-18(27)13-26-14-20(17-8-11-21-22(12-17)32-15-31-21)23(25(28)29)24(26)16-6-9-19(30-2)10-7-16/h6-12,20,23-24H,3-5,13-15H2,1-2H3,(H,28,29)/p-1. The molecule has 0 amide bonds. The van der Waals surface area contributed by atoms with Gasteiger partial charge in [0.2, 0.25) is 6.79 Å². The molecule has 0 spiro atoms. The molecular formula is C25H28NO6-. The lowest BCUT2D eigenvalue weighted by Gasteiger charge is -2.29. The van der Waals surface area contributed by atoms with Crippen molar-refractivity contribution in [1.29, 1.82) is 0 Å². The Morgan fingerprint density at radius 3 is 2.50 bits per heavy atom. The fraction of sp³-hybridized carbons (Fsp3) is 0.440. The second-order valence-corrected chi connectivity index (χ2v) is 8.35. The third kappa shape index (κ3) is 4.43. The van der Waals surface area contributed by atoms with E-state index in [1.54, 1.807) is 13.2 Å². The van der Waals surface area contributed by atoms with Crippen LogP contribution in [-0.2, 0) is 9.59 Å². The molecule has 2 aliphatic heterocycles. The van der Waals surface area contributed by atoms with Crippen LogP contribution in [0.1, 0.15) is 49.3 Å². The molecule has 0 saturated carbocycles. The first-order valence-electron chi connectivity index (χ1n) is 11.0. The number of hydrogen-bond acceptors (Lipinski definition) is 7. The van der Waals surface area contributed by atoms with Gasteiger partial charge in [-0.15, -0.1) is 0 Å². The van der Waals surface area contributed by atoms with Gasteiger partial charge in [-0.05, 0) is 41.8 Å². The zero-order valence-electron chi connectivity index (χ0n) is 18.4. The van der Waals surface area contributed by atoms with Crippen LogP contribution in [0.2, 0.25) is 0 Å². The highest BCUT2D eigenvalue weighted by Crippen LogP contribution is 2.47. The Morgan fingerprint density at radius 2 is 1.81 bits per heavy atom. The van der Waals surface area contributed by atoms with Crippen LogP contribution in [-0.4, -0.2) is 43.6 Å². The van der Waals surface area contributed by atoms with Gasteiger partial charge >= 0.3 is 0 Å². The molecule has 3 unspecified atom stereocenters. The SMILES string of the molecule is CCCCC(=O)CN1CC(c2ccc3c(c2)OCO3)C(C(=O)[O-])C1c1ccc(OC)cc1. The largest absolute Gasteiger partial charge is 0.550 e. The van der Waals surface area contributed by atoms with Gasteiger partial charge in [0.1, 0.15) is 11.5 Å². The highest BCUT2D eigenvalue weighted by molar-refractivity contribution is 5.81. The summed E-state index contributed by atoms with van der Waals surface area (Å²) in [7, 11) is 1.59. The van der Waals surface area contributed by atoms with Crippen molar-refractivity contribution in [2.75, 3.05) is 27.0 Å². The fourth-order valence-corrected chi connectivity index (χ4v) is 4.74. The van der Waals surface area contributed by atoms with Gasteiger partial charge < -0.3 is 24.1 Å². The Hall–Kier alpha value is -3.06. The predicted octanol–water partition coefficient (Wildman–Crippen LogP) is 2.69. The lowest BCUT2D eigenvalue weighted by Crippen LogP contribution is -2.38. The number of Topliss-reactive ketones (excluding diaryl/α,β-unsaturated/α-hetero) is 1. The zero-order chi connectivity index (χ0) is 22.7. The maximum atomic E-state index is 12.6. The second kappa shape index (κ2) is 9.61. The molecule has 0 aromatic heterocycles. The molecule has 0 aliphatic carbocycles. The van der Waals surface area contributed by atoms with Crippen LogP contribution in [0.4, 0.5) is 0 Å². The second-order valence-electron chi connectivity index (χ2n) is 8.35. The summed E-state index contributed by atoms with van der Waals surface area (Å²) in [6.45, 7) is 2.85. The maximum Gasteiger partial charge on any atom is 0.231 e. The van der Waals surface area contributed by atoms with Crippen molar-refractivity contribution in [3.8, 4) is 17.2 Å². The molecule has 170 valence electrons. The van der Waals surface area contributed by atoms with E-state index in [1.807, 2.05) is 48.2 Å². The van der Waals surface area contributed by atoms with E-state index in [4.69, 9.17) is 14.2 Å². The number of methoxy groups -OCH3 is 1. The Bertz CT molecular complexity index is 973. The number of ketones is 1. The van der Waals surface area contributed by atoms with Gasteiger partial charge in [0.15, 0.2) is 11.5 Å². The Balaban J connectivity index is 1.69. The van der Waals surface area contributed by atoms with E-state index in [-0.39, 0.29) is 25.0 Å². The summed E-state index contributed by atoms with van der Waals surface area (Å²) in [6.07, 6.45) is 2.26. The van der Waals surface area contributed by atoms with Crippen molar-refractivity contribution in [3.05, 3.63) is 53.6 Å². The summed E-state index contributed by atoms with van der Waals surface area (Å²) >= 11 is 0. The molecule has 4 rings (SSSR count). The minimum Gasteiger partial charge on any atom is -0.550 e. The molecule has 0 radical (unpaired) electrons. The van der Waals surface area contributed by atoms with Crippen LogP contribution in [0.25, 0.3) is 0 Å². The van der Waals surface area contributed by atoms with Crippen LogP contribution in [0, 0.1) is 5.92 Å². The molecule has 2 aromatic carbocycles. The van der Waals surface area contributed by atoms with E-state index in [9.17, 15) is 14.7 Å². The van der Waals surface area contributed by atoms with Gasteiger partial charge in [-0.1, -0.05) is 31.5 Å². The van der Waals surface area contributed by atoms with E-state index >= 15 is 0 Å². The van der Waals surface area contributed by atoms with Crippen LogP contribution in [0.5, 0.6) is 17.2 Å². The molecule has 0 bridgehead atoms. The van der Waals surface area contributed by atoms with Gasteiger partial charge in [-0.25, -0.2) is 0 Å². The Kier molecular flexibility index (Phi) is 6.65. The molecule has 0 N–H and O–H groups in total. The van der Waals surface area contributed by atoms with E-state index in [0.717, 1.165) is 24.0 Å². The van der Waals surface area contributed by atoms with Crippen molar-refractivity contribution < 1.29 is 28.9 Å². The number of aliphatic carboxylic acids is 1. The third-order valence-electron chi connectivity index (χ3n) is 6.34. The first-order valence-corrected chi connectivity index (χ1v) is 11.0. The number of unbranched alkanes of at least 4 members (excludes halogenated alkanes) is 1. The molecule has 2 heterocycles. The van der Waals surface area contributed by atoms with Crippen LogP contribution in [0.15, 0.2) is 42.5 Å². The van der Waals surface area contributed by atoms with Crippen LogP contribution < -0.4 is 19.3 Å². The summed E-state index contributed by atoms with van der Waals surface area (Å²) in [5, 5.41) is 12.4. The molecule has 32 heavy (non-hydrogen) atoms. The van der Waals surface area contributed by atoms with E-state index in [1.165, 1.54) is 0 Å². The normalized spacial score (nSPS) is 22.1. The van der Waals surface area contributed by atoms with E-state index < -0.39 is 17.9 Å². The van der Waals surface area contributed by atoms with E-state index in [2.05, 4.69) is 0 Å². The van der Waals surface area contributed by atoms with E-state index in [0.29, 0.717) is 30.2 Å². The molecule has 7 nitrogen and oxygen atoms in total. The first kappa shape index (κ1) is 22.1. The van der Waals surface area contributed by atoms with Crippen molar-refractivity contribution in [2.45, 2.75) is 38.1 Å². The highest BCUT2D eigenvalue weighted by Gasteiger charge is 2.44. The lowest BCUT2D eigenvalue weighted by molar-refractivity contribution is -0.312.